The van der Waals surface area contributed by atoms with Crippen LogP contribution in [-0.4, -0.2) is 4.57 Å². The van der Waals surface area contributed by atoms with E-state index in [1.807, 2.05) is 0 Å². The molecule has 0 fully saturated rings. The summed E-state index contributed by atoms with van der Waals surface area (Å²) in [6, 6.07) is 86.3. The Kier molecular flexibility index (Phi) is 9.59. The Morgan fingerprint density at radius 1 is 0.307 bits per heavy atom. The van der Waals surface area contributed by atoms with E-state index in [1.54, 1.807) is 0 Å². The average Bonchev–Trinajstić information content (AvgIpc) is 1.53. The summed E-state index contributed by atoms with van der Waals surface area (Å²) in [6.45, 7) is 19.4. The second-order valence-corrected chi connectivity index (χ2v) is 27.5. The molecule has 4 aliphatic carbocycles. The van der Waals surface area contributed by atoms with E-state index in [0.717, 1.165) is 56.0 Å². The fourth-order valence-corrected chi connectivity index (χ4v) is 17.4. The number of nitrogens with zero attached hydrogens (tertiary/aromatic N) is 2. The van der Waals surface area contributed by atoms with E-state index < -0.39 is 10.8 Å². The monoisotopic (exact) mass is 1130 g/mol. The maximum absolute atomic E-state index is 7.17. The SMILES string of the molecule is CC1(C)c2ccccc2-c2ccc(-c3cc4c(c5c3oc3ccccc35)-c3ccc(N(c5ccc6c(c5)C(C)(C)c5c7c(c8c(oc9ccccc98)c5-6)-c5ccccc5C7(C)C)c5ccc6c(c5)c5ccccc5n6-c5ccccc5)cc3C4(C)C)cc21. The Balaban J connectivity index is 0.834. The smallest absolute Gasteiger partial charge is 0.144 e. The van der Waals surface area contributed by atoms with Crippen LogP contribution in [0.1, 0.15) is 99.9 Å². The molecule has 12 aromatic carbocycles. The molecule has 0 unspecified atom stereocenters. The maximum atomic E-state index is 7.17. The van der Waals surface area contributed by atoms with Gasteiger partial charge in [-0.1, -0.05) is 201 Å². The van der Waals surface area contributed by atoms with Crippen molar-refractivity contribution in [1.29, 1.82) is 0 Å². The van der Waals surface area contributed by atoms with Crippen molar-refractivity contribution >= 4 is 82.7 Å². The van der Waals surface area contributed by atoms with E-state index in [1.165, 1.54) is 133 Å². The average molecular weight is 1130 g/mol. The Hall–Kier alpha value is -10.2. The number of aromatic nitrogens is 1. The van der Waals surface area contributed by atoms with E-state index >= 15 is 0 Å². The second kappa shape index (κ2) is 16.9. The van der Waals surface area contributed by atoms with Gasteiger partial charge in [-0.2, -0.15) is 0 Å². The van der Waals surface area contributed by atoms with Gasteiger partial charge in [-0.3, -0.25) is 0 Å². The zero-order chi connectivity index (χ0) is 59.1. The lowest BCUT2D eigenvalue weighted by molar-refractivity contribution is 0.600. The molecule has 3 aromatic heterocycles. The lowest BCUT2D eigenvalue weighted by Crippen LogP contribution is -2.24. The van der Waals surface area contributed by atoms with Gasteiger partial charge < -0.3 is 18.3 Å². The highest BCUT2D eigenvalue weighted by Gasteiger charge is 2.49. The normalized spacial score (nSPS) is 15.6. The summed E-state index contributed by atoms with van der Waals surface area (Å²) in [4.78, 5) is 2.53. The van der Waals surface area contributed by atoms with Crippen LogP contribution < -0.4 is 4.90 Å². The van der Waals surface area contributed by atoms with Crippen molar-refractivity contribution in [3.05, 3.63) is 275 Å². The lowest BCUT2D eigenvalue weighted by atomic mass is 9.72. The highest BCUT2D eigenvalue weighted by molar-refractivity contribution is 6.22. The Labute approximate surface area is 511 Å². The Morgan fingerprint density at radius 3 is 1.51 bits per heavy atom. The fraction of sp³-hybridized carbons (Fsp3) is 0.143. The first-order chi connectivity index (χ1) is 42.7. The summed E-state index contributed by atoms with van der Waals surface area (Å²) in [5.41, 5.74) is 32.7. The predicted octanol–water partition coefficient (Wildman–Crippen LogP) is 22.9. The molecule has 4 heteroatoms. The van der Waals surface area contributed by atoms with Gasteiger partial charge in [0.2, 0.25) is 0 Å². The van der Waals surface area contributed by atoms with Crippen LogP contribution in [0, 0.1) is 0 Å². The Bertz CT molecular complexity index is 5640. The predicted molar refractivity (Wildman–Crippen MR) is 366 cm³/mol. The van der Waals surface area contributed by atoms with Gasteiger partial charge in [0.15, 0.2) is 0 Å². The molecule has 3 heterocycles. The highest BCUT2D eigenvalue weighted by Crippen LogP contribution is 2.64. The van der Waals surface area contributed by atoms with Gasteiger partial charge in [0.05, 0.1) is 11.0 Å². The molecule has 15 aromatic rings. The molecule has 0 atom stereocenters. The molecule has 0 saturated carbocycles. The summed E-state index contributed by atoms with van der Waals surface area (Å²) in [5, 5.41) is 7.13. The van der Waals surface area contributed by atoms with Gasteiger partial charge in [-0.05, 0) is 174 Å². The Morgan fingerprint density at radius 2 is 0.784 bits per heavy atom. The number of hydrogen-bond acceptors (Lipinski definition) is 3. The number of rotatable bonds is 5. The molecule has 0 saturated heterocycles. The van der Waals surface area contributed by atoms with Crippen LogP contribution >= 0.6 is 0 Å². The summed E-state index contributed by atoms with van der Waals surface area (Å²) in [5.74, 6) is 0. The van der Waals surface area contributed by atoms with Crippen molar-refractivity contribution in [3.63, 3.8) is 0 Å². The van der Waals surface area contributed by atoms with Crippen molar-refractivity contribution in [2.75, 3.05) is 4.90 Å². The van der Waals surface area contributed by atoms with E-state index in [0.29, 0.717) is 0 Å². The summed E-state index contributed by atoms with van der Waals surface area (Å²) in [7, 11) is 0. The van der Waals surface area contributed by atoms with Crippen LogP contribution in [0.25, 0.3) is 127 Å². The zero-order valence-electron chi connectivity index (χ0n) is 50.7. The first kappa shape index (κ1) is 50.0. The molecule has 420 valence electrons. The first-order valence-corrected chi connectivity index (χ1v) is 31.2. The number of para-hydroxylation sites is 4. The number of benzene rings is 12. The molecule has 0 aliphatic heterocycles. The van der Waals surface area contributed by atoms with Crippen molar-refractivity contribution in [1.82, 2.24) is 4.57 Å². The zero-order valence-corrected chi connectivity index (χ0v) is 50.7. The van der Waals surface area contributed by atoms with Crippen LogP contribution in [0.4, 0.5) is 17.1 Å². The van der Waals surface area contributed by atoms with Gasteiger partial charge in [0, 0.05) is 87.9 Å². The number of anilines is 3. The van der Waals surface area contributed by atoms with Crippen LogP contribution in [0.3, 0.4) is 0 Å². The topological polar surface area (TPSA) is 34.5 Å². The van der Waals surface area contributed by atoms with Crippen molar-refractivity contribution < 1.29 is 8.83 Å². The minimum absolute atomic E-state index is 0.143. The van der Waals surface area contributed by atoms with Gasteiger partial charge in [-0.15, -0.1) is 0 Å². The minimum Gasteiger partial charge on any atom is -0.455 e. The highest BCUT2D eigenvalue weighted by atomic mass is 16.3. The lowest BCUT2D eigenvalue weighted by Gasteiger charge is -2.32. The number of fused-ring (bicyclic) bond motifs is 25. The largest absolute Gasteiger partial charge is 0.455 e. The molecule has 0 bridgehead atoms. The molecule has 0 radical (unpaired) electrons. The van der Waals surface area contributed by atoms with E-state index in [2.05, 4.69) is 295 Å². The van der Waals surface area contributed by atoms with Crippen molar-refractivity contribution in [2.45, 2.75) is 77.0 Å². The third kappa shape index (κ3) is 6.24. The fourth-order valence-electron chi connectivity index (χ4n) is 17.4. The van der Waals surface area contributed by atoms with Gasteiger partial charge in [-0.25, -0.2) is 0 Å². The molecule has 0 spiro atoms. The summed E-state index contributed by atoms with van der Waals surface area (Å²) in [6.07, 6.45) is 0. The maximum Gasteiger partial charge on any atom is 0.144 e. The van der Waals surface area contributed by atoms with Crippen molar-refractivity contribution in [3.8, 4) is 61.3 Å². The van der Waals surface area contributed by atoms with Crippen LogP contribution in [-0.2, 0) is 21.7 Å². The first-order valence-electron chi connectivity index (χ1n) is 31.2. The van der Waals surface area contributed by atoms with Crippen LogP contribution in [0.2, 0.25) is 0 Å². The molecular formula is C84H62N2O2. The summed E-state index contributed by atoms with van der Waals surface area (Å²) >= 11 is 0. The quantitative estimate of drug-likeness (QED) is 0.172. The molecule has 0 amide bonds. The number of furan rings is 2. The minimum atomic E-state index is -0.396. The van der Waals surface area contributed by atoms with Crippen molar-refractivity contribution in [2.24, 2.45) is 0 Å². The molecule has 0 N–H and O–H groups in total. The van der Waals surface area contributed by atoms with Crippen LogP contribution in [0.5, 0.6) is 0 Å². The van der Waals surface area contributed by atoms with Crippen LogP contribution in [0.15, 0.2) is 239 Å². The van der Waals surface area contributed by atoms with Gasteiger partial charge in [0.1, 0.15) is 22.3 Å². The molecule has 4 nitrogen and oxygen atoms in total. The summed E-state index contributed by atoms with van der Waals surface area (Å²) < 4.78 is 16.7. The third-order valence-electron chi connectivity index (χ3n) is 21.5. The number of hydrogen-bond donors (Lipinski definition) is 0. The third-order valence-corrected chi connectivity index (χ3v) is 21.5. The molecule has 4 aliphatic rings. The van der Waals surface area contributed by atoms with E-state index in [4.69, 9.17) is 8.83 Å². The second-order valence-electron chi connectivity index (χ2n) is 27.5. The van der Waals surface area contributed by atoms with Gasteiger partial charge in [0.25, 0.3) is 0 Å². The molecular weight excluding hydrogens is 1070 g/mol. The molecule has 19 rings (SSSR count). The van der Waals surface area contributed by atoms with Gasteiger partial charge >= 0.3 is 0 Å². The van der Waals surface area contributed by atoms with E-state index in [-0.39, 0.29) is 10.8 Å². The van der Waals surface area contributed by atoms with E-state index in [9.17, 15) is 0 Å². The molecule has 88 heavy (non-hydrogen) atoms. The standard InChI is InChI=1S/C84H62N2O2/c1-81(2)62-29-17-12-24-52(62)53-38-34-47(42-64(53)81)60-46-67-72(74-58-27-15-20-32-70(58)87-79(60)74)56-39-35-50(44-65(56)82(67,3)4)85(49-37-41-69-61(43-49)54-25-14-19-31-68(54)86(69)48-22-10-9-11-23-48)51-36-40-57-66(45-51)84(7,8)78-76(57)80-75(59-28-16-21-33-71(59)88-80)73-55-26-13-18-30-63(55)83(5,6)77(73)78/h9-46H,1-8H3.